The molecular formula is C12H13NO6. The molecule has 1 aromatic rings. The summed E-state index contributed by atoms with van der Waals surface area (Å²) in [5.74, 6) is -0.275. The topological polar surface area (TPSA) is 91.2 Å². The van der Waals surface area contributed by atoms with Crippen molar-refractivity contribution in [3.63, 3.8) is 0 Å². The fourth-order valence-corrected chi connectivity index (χ4v) is 1.52. The molecule has 1 aromatic carbocycles. The molecule has 0 saturated carbocycles. The SMILES string of the molecule is COC(=O)Cc1ccc(OCC2CO2)c([N+](=O)[O-])c1. The molecule has 0 aromatic heterocycles. The molecule has 1 aliphatic heterocycles. The van der Waals surface area contributed by atoms with Gasteiger partial charge in [-0.2, -0.15) is 0 Å². The number of epoxide rings is 1. The van der Waals surface area contributed by atoms with Crippen LogP contribution in [-0.2, 0) is 20.7 Å². The predicted octanol–water partition coefficient (Wildman–Crippen LogP) is 1.09. The van der Waals surface area contributed by atoms with Gasteiger partial charge in [0.2, 0.25) is 0 Å². The summed E-state index contributed by atoms with van der Waals surface area (Å²) in [6.07, 6.45) is 0.0120. The minimum absolute atomic E-state index is 0.0106. The maximum Gasteiger partial charge on any atom is 0.311 e. The van der Waals surface area contributed by atoms with Crippen molar-refractivity contribution >= 4 is 11.7 Å². The Morgan fingerprint density at radius 3 is 2.89 bits per heavy atom. The van der Waals surface area contributed by atoms with Crippen LogP contribution in [0.5, 0.6) is 5.75 Å². The highest BCUT2D eigenvalue weighted by Crippen LogP contribution is 2.29. The lowest BCUT2D eigenvalue weighted by Gasteiger charge is -2.06. The van der Waals surface area contributed by atoms with E-state index in [9.17, 15) is 14.9 Å². The molecule has 1 fully saturated rings. The van der Waals surface area contributed by atoms with Crippen molar-refractivity contribution in [2.75, 3.05) is 20.3 Å². The molecular weight excluding hydrogens is 254 g/mol. The highest BCUT2D eigenvalue weighted by atomic mass is 16.6. The van der Waals surface area contributed by atoms with Crippen molar-refractivity contribution < 1.29 is 23.9 Å². The monoisotopic (exact) mass is 267 g/mol. The Bertz CT molecular complexity index is 497. The van der Waals surface area contributed by atoms with Gasteiger partial charge in [-0.25, -0.2) is 0 Å². The zero-order valence-electron chi connectivity index (χ0n) is 10.3. The van der Waals surface area contributed by atoms with E-state index in [-0.39, 0.29) is 30.6 Å². The highest BCUT2D eigenvalue weighted by molar-refractivity contribution is 5.73. The van der Waals surface area contributed by atoms with Gasteiger partial charge in [0.1, 0.15) is 12.7 Å². The Kier molecular flexibility index (Phi) is 3.96. The van der Waals surface area contributed by atoms with Gasteiger partial charge in [-0.05, 0) is 11.6 Å². The third-order valence-corrected chi connectivity index (χ3v) is 2.62. The molecule has 102 valence electrons. The van der Waals surface area contributed by atoms with Gasteiger partial charge in [0.05, 0.1) is 25.1 Å². The molecule has 0 spiro atoms. The molecule has 0 aliphatic carbocycles. The number of nitro benzene ring substituents is 1. The second-order valence-electron chi connectivity index (χ2n) is 4.08. The lowest BCUT2D eigenvalue weighted by molar-refractivity contribution is -0.385. The van der Waals surface area contributed by atoms with Gasteiger partial charge in [0.15, 0.2) is 5.75 Å². The molecule has 1 saturated heterocycles. The molecule has 0 amide bonds. The number of rotatable bonds is 6. The van der Waals surface area contributed by atoms with E-state index in [4.69, 9.17) is 9.47 Å². The molecule has 1 atom stereocenters. The minimum atomic E-state index is -0.538. The fourth-order valence-electron chi connectivity index (χ4n) is 1.52. The van der Waals surface area contributed by atoms with Crippen LogP contribution in [0.4, 0.5) is 5.69 Å². The van der Waals surface area contributed by atoms with Crippen LogP contribution in [0.25, 0.3) is 0 Å². The van der Waals surface area contributed by atoms with E-state index in [0.717, 1.165) is 0 Å². The van der Waals surface area contributed by atoms with Crippen molar-refractivity contribution in [2.45, 2.75) is 12.5 Å². The Morgan fingerprint density at radius 1 is 1.58 bits per heavy atom. The number of hydrogen-bond acceptors (Lipinski definition) is 6. The summed E-state index contributed by atoms with van der Waals surface area (Å²) >= 11 is 0. The van der Waals surface area contributed by atoms with Gasteiger partial charge in [-0.15, -0.1) is 0 Å². The largest absolute Gasteiger partial charge is 0.484 e. The van der Waals surface area contributed by atoms with Crippen LogP contribution in [0.2, 0.25) is 0 Å². The number of ether oxygens (including phenoxy) is 3. The van der Waals surface area contributed by atoms with Gasteiger partial charge in [0, 0.05) is 6.07 Å². The summed E-state index contributed by atoms with van der Waals surface area (Å²) < 4.78 is 14.8. The Balaban J connectivity index is 2.13. The second kappa shape index (κ2) is 5.66. The minimum Gasteiger partial charge on any atom is -0.484 e. The van der Waals surface area contributed by atoms with E-state index in [2.05, 4.69) is 4.74 Å². The third kappa shape index (κ3) is 3.65. The first-order chi connectivity index (χ1) is 9.10. The molecule has 2 rings (SSSR count). The molecule has 0 bridgehead atoms. The number of carbonyl (C=O) groups is 1. The molecule has 0 radical (unpaired) electrons. The smallest absolute Gasteiger partial charge is 0.311 e. The molecule has 1 unspecified atom stereocenters. The maximum absolute atomic E-state index is 11.1. The lowest BCUT2D eigenvalue weighted by atomic mass is 10.1. The second-order valence-corrected chi connectivity index (χ2v) is 4.08. The number of benzene rings is 1. The normalized spacial score (nSPS) is 16.8. The van der Waals surface area contributed by atoms with Gasteiger partial charge >= 0.3 is 11.7 Å². The van der Waals surface area contributed by atoms with Gasteiger partial charge in [0.25, 0.3) is 0 Å². The van der Waals surface area contributed by atoms with Gasteiger partial charge in [-0.3, -0.25) is 14.9 Å². The van der Waals surface area contributed by atoms with Crippen LogP contribution < -0.4 is 4.74 Å². The zero-order valence-corrected chi connectivity index (χ0v) is 10.3. The van der Waals surface area contributed by atoms with Crippen molar-refractivity contribution in [3.05, 3.63) is 33.9 Å². The summed E-state index contributed by atoms with van der Waals surface area (Å²) in [6, 6.07) is 4.41. The molecule has 7 nitrogen and oxygen atoms in total. The van der Waals surface area contributed by atoms with Crippen LogP contribution in [0.3, 0.4) is 0 Å². The maximum atomic E-state index is 11.1. The Hall–Kier alpha value is -2.15. The van der Waals surface area contributed by atoms with Crippen LogP contribution in [0.15, 0.2) is 18.2 Å². The van der Waals surface area contributed by atoms with Crippen molar-refractivity contribution in [2.24, 2.45) is 0 Å². The first-order valence-electron chi connectivity index (χ1n) is 5.68. The molecule has 1 heterocycles. The van der Waals surface area contributed by atoms with Crippen molar-refractivity contribution in [3.8, 4) is 5.75 Å². The molecule has 7 heteroatoms. The lowest BCUT2D eigenvalue weighted by Crippen LogP contribution is -2.08. The summed E-state index contributed by atoms with van der Waals surface area (Å²) in [6.45, 7) is 0.908. The van der Waals surface area contributed by atoms with Crippen LogP contribution in [0, 0.1) is 10.1 Å². The predicted molar refractivity (Wildman–Crippen MR) is 64.1 cm³/mol. The third-order valence-electron chi connectivity index (χ3n) is 2.62. The highest BCUT2D eigenvalue weighted by Gasteiger charge is 2.25. The first kappa shape index (κ1) is 13.3. The van der Waals surface area contributed by atoms with E-state index in [0.29, 0.717) is 12.2 Å². The number of hydrogen-bond donors (Lipinski definition) is 0. The van der Waals surface area contributed by atoms with Crippen molar-refractivity contribution in [1.82, 2.24) is 0 Å². The van der Waals surface area contributed by atoms with E-state index >= 15 is 0 Å². The average Bonchev–Trinajstić information content (AvgIpc) is 3.20. The molecule has 0 N–H and O–H groups in total. The van der Waals surface area contributed by atoms with E-state index < -0.39 is 10.9 Å². The summed E-state index contributed by atoms with van der Waals surface area (Å²) in [7, 11) is 1.27. The van der Waals surface area contributed by atoms with E-state index in [1.165, 1.54) is 19.2 Å². The molecule has 19 heavy (non-hydrogen) atoms. The number of esters is 1. The first-order valence-corrected chi connectivity index (χ1v) is 5.68. The Morgan fingerprint density at radius 2 is 2.32 bits per heavy atom. The zero-order chi connectivity index (χ0) is 13.8. The summed E-state index contributed by atoms with van der Waals surface area (Å²) in [5, 5.41) is 11.0. The quantitative estimate of drug-likeness (QED) is 0.331. The fraction of sp³-hybridized carbons (Fsp3) is 0.417. The number of methoxy groups -OCH3 is 1. The van der Waals surface area contributed by atoms with Crippen LogP contribution >= 0.6 is 0 Å². The van der Waals surface area contributed by atoms with E-state index in [1.807, 2.05) is 0 Å². The summed E-state index contributed by atoms with van der Waals surface area (Å²) in [4.78, 5) is 21.6. The van der Waals surface area contributed by atoms with Gasteiger partial charge < -0.3 is 14.2 Å². The average molecular weight is 267 g/mol. The molecule has 1 aliphatic rings. The van der Waals surface area contributed by atoms with Crippen molar-refractivity contribution in [1.29, 1.82) is 0 Å². The van der Waals surface area contributed by atoms with Crippen LogP contribution in [0.1, 0.15) is 5.56 Å². The summed E-state index contributed by atoms with van der Waals surface area (Å²) in [5.41, 5.74) is 0.343. The number of nitro groups is 1. The van der Waals surface area contributed by atoms with Crippen LogP contribution in [-0.4, -0.2) is 37.3 Å². The van der Waals surface area contributed by atoms with Gasteiger partial charge in [-0.1, -0.05) is 6.07 Å². The van der Waals surface area contributed by atoms with E-state index in [1.54, 1.807) is 6.07 Å². The number of carbonyl (C=O) groups excluding carboxylic acids is 1. The number of nitrogens with zero attached hydrogens (tertiary/aromatic N) is 1. The Labute approximate surface area is 109 Å². The standard InChI is InChI=1S/C12H13NO6/c1-17-12(14)5-8-2-3-11(10(4-8)13(15)16)19-7-9-6-18-9/h2-4,9H,5-7H2,1H3.